The van der Waals surface area contributed by atoms with E-state index in [2.05, 4.69) is 24.0 Å². The van der Waals surface area contributed by atoms with Crippen LogP contribution in [0.3, 0.4) is 0 Å². The van der Waals surface area contributed by atoms with Gasteiger partial charge in [0, 0.05) is 18.8 Å². The highest BCUT2D eigenvalue weighted by molar-refractivity contribution is 5.73. The smallest absolute Gasteiger partial charge is 0.320 e. The summed E-state index contributed by atoms with van der Waals surface area (Å²) in [5.74, 6) is -0.940. The van der Waals surface area contributed by atoms with Crippen molar-refractivity contribution in [3.8, 4) is 0 Å². The van der Waals surface area contributed by atoms with E-state index in [1.807, 2.05) is 6.07 Å². The van der Waals surface area contributed by atoms with E-state index in [0.717, 1.165) is 31.5 Å². The minimum Gasteiger partial charge on any atom is -0.480 e. The van der Waals surface area contributed by atoms with Crippen LogP contribution in [0.4, 0.5) is 5.69 Å². The van der Waals surface area contributed by atoms with Gasteiger partial charge < -0.3 is 15.7 Å². The average molecular weight is 262 g/mol. The second-order valence-corrected chi connectivity index (χ2v) is 5.20. The Morgan fingerprint density at radius 1 is 1.53 bits per heavy atom. The quantitative estimate of drug-likeness (QED) is 0.849. The molecule has 104 valence electrons. The van der Waals surface area contributed by atoms with Crippen molar-refractivity contribution in [3.05, 3.63) is 29.3 Å². The largest absolute Gasteiger partial charge is 0.480 e. The van der Waals surface area contributed by atoms with E-state index in [0.29, 0.717) is 6.42 Å². The number of aliphatic carboxylic acids is 1. The van der Waals surface area contributed by atoms with E-state index >= 15 is 0 Å². The Morgan fingerprint density at radius 3 is 3.00 bits per heavy atom. The van der Waals surface area contributed by atoms with Crippen molar-refractivity contribution in [2.24, 2.45) is 5.73 Å². The Morgan fingerprint density at radius 2 is 2.32 bits per heavy atom. The molecule has 1 heterocycles. The van der Waals surface area contributed by atoms with E-state index in [9.17, 15) is 4.79 Å². The van der Waals surface area contributed by atoms with E-state index in [-0.39, 0.29) is 0 Å². The van der Waals surface area contributed by atoms with Gasteiger partial charge in [-0.1, -0.05) is 19.1 Å². The highest BCUT2D eigenvalue weighted by atomic mass is 16.4. The molecule has 0 aliphatic carbocycles. The standard InChI is InChI=1S/C15H22N2O2/c1-2-7-17-8-3-4-12-9-11(5-6-14(12)17)10-13(16)15(18)19/h5-6,9,13H,2-4,7-8,10,16H2,1H3,(H,18,19). The van der Waals surface area contributed by atoms with Crippen LogP contribution >= 0.6 is 0 Å². The first-order valence-electron chi connectivity index (χ1n) is 6.97. The molecule has 0 fully saturated rings. The van der Waals surface area contributed by atoms with Crippen LogP contribution in [0.15, 0.2) is 18.2 Å². The van der Waals surface area contributed by atoms with Gasteiger partial charge in [-0.2, -0.15) is 0 Å². The SMILES string of the molecule is CCCN1CCCc2cc(CC(N)C(=O)O)ccc21. The van der Waals surface area contributed by atoms with E-state index in [1.165, 1.54) is 17.7 Å². The van der Waals surface area contributed by atoms with Gasteiger partial charge in [-0.15, -0.1) is 0 Å². The average Bonchev–Trinajstić information content (AvgIpc) is 2.39. The maximum absolute atomic E-state index is 10.8. The molecule has 4 heteroatoms. The van der Waals surface area contributed by atoms with Crippen molar-refractivity contribution in [2.45, 2.75) is 38.6 Å². The fraction of sp³-hybridized carbons (Fsp3) is 0.533. The third-order valence-electron chi connectivity index (χ3n) is 3.63. The topological polar surface area (TPSA) is 66.6 Å². The van der Waals surface area contributed by atoms with Gasteiger partial charge in [0.15, 0.2) is 0 Å². The van der Waals surface area contributed by atoms with Crippen molar-refractivity contribution < 1.29 is 9.90 Å². The number of carbonyl (C=O) groups is 1. The van der Waals surface area contributed by atoms with Crippen LogP contribution in [0.2, 0.25) is 0 Å². The van der Waals surface area contributed by atoms with Gasteiger partial charge in [0.25, 0.3) is 0 Å². The lowest BCUT2D eigenvalue weighted by Gasteiger charge is -2.31. The van der Waals surface area contributed by atoms with Gasteiger partial charge >= 0.3 is 5.97 Å². The highest BCUT2D eigenvalue weighted by Crippen LogP contribution is 2.28. The number of carboxylic acids is 1. The van der Waals surface area contributed by atoms with Crippen molar-refractivity contribution in [1.29, 1.82) is 0 Å². The third kappa shape index (κ3) is 3.26. The van der Waals surface area contributed by atoms with Crippen LogP contribution in [0, 0.1) is 0 Å². The number of fused-ring (bicyclic) bond motifs is 1. The predicted octanol–water partition coefficient (Wildman–Crippen LogP) is 1.80. The molecule has 1 atom stereocenters. The van der Waals surface area contributed by atoms with Gasteiger partial charge in [-0.3, -0.25) is 4.79 Å². The zero-order valence-electron chi connectivity index (χ0n) is 11.4. The minimum absolute atomic E-state index is 0.399. The first-order chi connectivity index (χ1) is 9.11. The molecule has 1 aromatic rings. The molecule has 1 unspecified atom stereocenters. The predicted molar refractivity (Wildman–Crippen MR) is 76.6 cm³/mol. The normalized spacial score (nSPS) is 16.0. The lowest BCUT2D eigenvalue weighted by atomic mass is 9.96. The molecule has 0 saturated heterocycles. The Hall–Kier alpha value is -1.55. The summed E-state index contributed by atoms with van der Waals surface area (Å²) < 4.78 is 0. The number of carboxylic acid groups (broad SMARTS) is 1. The number of benzene rings is 1. The Kier molecular flexibility index (Phi) is 4.43. The first kappa shape index (κ1) is 13.9. The van der Waals surface area contributed by atoms with Crippen LogP contribution in [-0.4, -0.2) is 30.2 Å². The molecule has 4 nitrogen and oxygen atoms in total. The summed E-state index contributed by atoms with van der Waals surface area (Å²) in [7, 11) is 0. The number of aryl methyl sites for hydroxylation is 1. The molecule has 3 N–H and O–H groups in total. The highest BCUT2D eigenvalue weighted by Gasteiger charge is 2.18. The van der Waals surface area contributed by atoms with Crippen LogP contribution in [0.5, 0.6) is 0 Å². The number of hydrogen-bond acceptors (Lipinski definition) is 3. The van der Waals surface area contributed by atoms with Crippen LogP contribution in [0.25, 0.3) is 0 Å². The summed E-state index contributed by atoms with van der Waals surface area (Å²) in [5, 5.41) is 8.86. The Labute approximate surface area is 114 Å². The van der Waals surface area contributed by atoms with Gasteiger partial charge in [0.05, 0.1) is 0 Å². The third-order valence-corrected chi connectivity index (χ3v) is 3.63. The number of nitrogens with zero attached hydrogens (tertiary/aromatic N) is 1. The van der Waals surface area contributed by atoms with Gasteiger partial charge in [-0.05, 0) is 42.9 Å². The molecule has 1 aromatic carbocycles. The molecule has 0 amide bonds. The number of rotatable bonds is 5. The zero-order chi connectivity index (χ0) is 13.8. The molecule has 0 radical (unpaired) electrons. The monoisotopic (exact) mass is 262 g/mol. The lowest BCUT2D eigenvalue weighted by molar-refractivity contribution is -0.138. The summed E-state index contributed by atoms with van der Waals surface area (Å²) in [6.07, 6.45) is 3.79. The molecule has 0 bridgehead atoms. The molecule has 1 aliphatic rings. The number of nitrogens with two attached hydrogens (primary N) is 1. The molecule has 0 spiro atoms. The van der Waals surface area contributed by atoms with Crippen LogP contribution < -0.4 is 10.6 Å². The summed E-state index contributed by atoms with van der Waals surface area (Å²) in [6.45, 7) is 4.39. The first-order valence-corrected chi connectivity index (χ1v) is 6.97. The zero-order valence-corrected chi connectivity index (χ0v) is 11.4. The molecular weight excluding hydrogens is 240 g/mol. The van der Waals surface area contributed by atoms with Crippen molar-refractivity contribution in [2.75, 3.05) is 18.0 Å². The maximum Gasteiger partial charge on any atom is 0.320 e. The van der Waals surface area contributed by atoms with E-state index in [4.69, 9.17) is 10.8 Å². The second kappa shape index (κ2) is 6.06. The number of hydrogen-bond donors (Lipinski definition) is 2. The maximum atomic E-state index is 10.8. The summed E-state index contributed by atoms with van der Waals surface area (Å²) in [4.78, 5) is 13.2. The molecular formula is C15H22N2O2. The van der Waals surface area contributed by atoms with E-state index in [1.54, 1.807) is 0 Å². The van der Waals surface area contributed by atoms with Crippen LogP contribution in [0.1, 0.15) is 30.9 Å². The van der Waals surface area contributed by atoms with Crippen molar-refractivity contribution >= 4 is 11.7 Å². The Bertz CT molecular complexity index is 459. The lowest BCUT2D eigenvalue weighted by Crippen LogP contribution is -2.33. The van der Waals surface area contributed by atoms with Gasteiger partial charge in [-0.25, -0.2) is 0 Å². The molecule has 0 saturated carbocycles. The summed E-state index contributed by atoms with van der Waals surface area (Å²) >= 11 is 0. The fourth-order valence-corrected chi connectivity index (χ4v) is 2.70. The van der Waals surface area contributed by atoms with Crippen molar-refractivity contribution in [1.82, 2.24) is 0 Å². The Balaban J connectivity index is 2.16. The molecule has 0 aromatic heterocycles. The molecule has 1 aliphatic heterocycles. The molecule has 2 rings (SSSR count). The summed E-state index contributed by atoms with van der Waals surface area (Å²) in [6, 6.07) is 5.44. The van der Waals surface area contributed by atoms with Gasteiger partial charge in [0.1, 0.15) is 6.04 Å². The van der Waals surface area contributed by atoms with Crippen molar-refractivity contribution in [3.63, 3.8) is 0 Å². The fourth-order valence-electron chi connectivity index (χ4n) is 2.70. The van der Waals surface area contributed by atoms with Gasteiger partial charge in [0.2, 0.25) is 0 Å². The number of anilines is 1. The minimum atomic E-state index is -0.940. The van der Waals surface area contributed by atoms with Crippen LogP contribution in [-0.2, 0) is 17.6 Å². The molecule has 19 heavy (non-hydrogen) atoms. The second-order valence-electron chi connectivity index (χ2n) is 5.20. The van der Waals surface area contributed by atoms with E-state index < -0.39 is 12.0 Å². The summed E-state index contributed by atoms with van der Waals surface area (Å²) in [5.41, 5.74) is 9.24.